The fraction of sp³-hybridized carbons (Fsp3) is 0.100. The van der Waals surface area contributed by atoms with Crippen LogP contribution in [0.3, 0.4) is 0 Å². The normalized spacial score (nSPS) is 10.9. The van der Waals surface area contributed by atoms with Crippen LogP contribution < -0.4 is 5.32 Å². The number of carbonyl (C=O) groups is 1. The molecule has 0 aliphatic carbocycles. The first kappa shape index (κ1) is 17.2. The number of nitrogens with one attached hydrogen (secondary N) is 1. The van der Waals surface area contributed by atoms with Crippen LogP contribution in [0.2, 0.25) is 0 Å². The summed E-state index contributed by atoms with van der Waals surface area (Å²) in [6, 6.07) is 21.7. The SMILES string of the molecule is Cc1ccccc1-n1nnnc1SCC(=O)Nc1cccc2ccccc12. The zero-order valence-corrected chi connectivity index (χ0v) is 15.5. The number of hydrogen-bond donors (Lipinski definition) is 1. The summed E-state index contributed by atoms with van der Waals surface area (Å²) in [5, 5.41) is 17.5. The maximum Gasteiger partial charge on any atom is 0.234 e. The van der Waals surface area contributed by atoms with Crippen LogP contribution in [-0.2, 0) is 4.79 Å². The van der Waals surface area contributed by atoms with E-state index in [0.29, 0.717) is 5.16 Å². The van der Waals surface area contributed by atoms with Gasteiger partial charge < -0.3 is 5.32 Å². The number of carbonyl (C=O) groups excluding carboxylic acids is 1. The predicted molar refractivity (Wildman–Crippen MR) is 107 cm³/mol. The van der Waals surface area contributed by atoms with Crippen molar-refractivity contribution in [2.24, 2.45) is 0 Å². The lowest BCUT2D eigenvalue weighted by Crippen LogP contribution is -2.15. The third-order valence-corrected chi connectivity index (χ3v) is 5.10. The molecule has 4 rings (SSSR count). The number of tetrazole rings is 1. The van der Waals surface area contributed by atoms with E-state index in [0.717, 1.165) is 27.7 Å². The van der Waals surface area contributed by atoms with Crippen molar-refractivity contribution in [3.8, 4) is 5.69 Å². The van der Waals surface area contributed by atoms with Gasteiger partial charge in [-0.15, -0.1) is 5.10 Å². The highest BCUT2D eigenvalue weighted by Gasteiger charge is 2.13. The van der Waals surface area contributed by atoms with Crippen LogP contribution in [0.25, 0.3) is 16.5 Å². The number of aromatic nitrogens is 4. The van der Waals surface area contributed by atoms with E-state index in [4.69, 9.17) is 0 Å². The zero-order chi connectivity index (χ0) is 18.6. The topological polar surface area (TPSA) is 72.7 Å². The van der Waals surface area contributed by atoms with Gasteiger partial charge in [0.15, 0.2) is 0 Å². The number of nitrogens with zero attached hydrogens (tertiary/aromatic N) is 4. The van der Waals surface area contributed by atoms with Gasteiger partial charge >= 0.3 is 0 Å². The van der Waals surface area contributed by atoms with Crippen molar-refractivity contribution >= 4 is 34.1 Å². The molecular weight excluding hydrogens is 358 g/mol. The van der Waals surface area contributed by atoms with Crippen LogP contribution in [0.4, 0.5) is 5.69 Å². The van der Waals surface area contributed by atoms with Crippen molar-refractivity contribution < 1.29 is 4.79 Å². The standard InChI is InChI=1S/C20H17N5OS/c1-14-7-2-5-12-18(14)25-20(22-23-24-25)27-13-19(26)21-17-11-6-9-15-8-3-4-10-16(15)17/h2-12H,13H2,1H3,(H,21,26). The van der Waals surface area contributed by atoms with Crippen LogP contribution in [0.15, 0.2) is 71.9 Å². The minimum Gasteiger partial charge on any atom is -0.325 e. The first-order valence-electron chi connectivity index (χ1n) is 8.47. The highest BCUT2D eigenvalue weighted by atomic mass is 32.2. The highest BCUT2D eigenvalue weighted by molar-refractivity contribution is 7.99. The van der Waals surface area contributed by atoms with Crippen LogP contribution in [0, 0.1) is 6.92 Å². The Labute approximate surface area is 160 Å². The quantitative estimate of drug-likeness (QED) is 0.536. The summed E-state index contributed by atoms with van der Waals surface area (Å²) in [6.45, 7) is 2.00. The predicted octanol–water partition coefficient (Wildman–Crippen LogP) is 3.85. The molecule has 3 aromatic carbocycles. The maximum absolute atomic E-state index is 12.5. The molecule has 7 heteroatoms. The number of amides is 1. The van der Waals surface area contributed by atoms with Gasteiger partial charge in [0.05, 0.1) is 11.4 Å². The first-order chi connectivity index (χ1) is 13.2. The Balaban J connectivity index is 1.48. The van der Waals surface area contributed by atoms with Crippen molar-refractivity contribution in [2.75, 3.05) is 11.1 Å². The number of thioether (sulfide) groups is 1. The molecule has 27 heavy (non-hydrogen) atoms. The van der Waals surface area contributed by atoms with Gasteiger partial charge in [0.2, 0.25) is 11.1 Å². The number of rotatable bonds is 5. The summed E-state index contributed by atoms with van der Waals surface area (Å²) in [6.07, 6.45) is 0. The molecule has 0 fully saturated rings. The third kappa shape index (κ3) is 3.68. The fourth-order valence-corrected chi connectivity index (χ4v) is 3.56. The smallest absolute Gasteiger partial charge is 0.234 e. The largest absolute Gasteiger partial charge is 0.325 e. The van der Waals surface area contributed by atoms with Gasteiger partial charge in [-0.05, 0) is 40.4 Å². The van der Waals surface area contributed by atoms with Crippen molar-refractivity contribution in [3.05, 3.63) is 72.3 Å². The summed E-state index contributed by atoms with van der Waals surface area (Å²) in [5.41, 5.74) is 2.77. The number of hydrogen-bond acceptors (Lipinski definition) is 5. The monoisotopic (exact) mass is 375 g/mol. The summed E-state index contributed by atoms with van der Waals surface area (Å²) >= 11 is 1.30. The second-order valence-electron chi connectivity index (χ2n) is 6.02. The van der Waals surface area contributed by atoms with Crippen LogP contribution in [-0.4, -0.2) is 31.9 Å². The van der Waals surface area contributed by atoms with Crippen LogP contribution in [0.5, 0.6) is 0 Å². The number of para-hydroxylation sites is 1. The third-order valence-electron chi connectivity index (χ3n) is 4.18. The molecule has 1 amide bonds. The van der Waals surface area contributed by atoms with E-state index in [-0.39, 0.29) is 11.7 Å². The number of fused-ring (bicyclic) bond motifs is 1. The molecule has 134 valence electrons. The molecule has 0 saturated carbocycles. The Morgan fingerprint density at radius 2 is 1.81 bits per heavy atom. The van der Waals surface area contributed by atoms with Crippen molar-refractivity contribution in [3.63, 3.8) is 0 Å². The molecule has 0 atom stereocenters. The lowest BCUT2D eigenvalue weighted by atomic mass is 10.1. The van der Waals surface area contributed by atoms with Gasteiger partial charge in [-0.25, -0.2) is 0 Å². The fourth-order valence-electron chi connectivity index (χ4n) is 2.87. The van der Waals surface area contributed by atoms with Gasteiger partial charge in [0.25, 0.3) is 0 Å². The van der Waals surface area contributed by atoms with Gasteiger partial charge in [0.1, 0.15) is 0 Å². The van der Waals surface area contributed by atoms with Gasteiger partial charge in [-0.1, -0.05) is 66.4 Å². The van der Waals surface area contributed by atoms with Gasteiger partial charge in [-0.3, -0.25) is 4.79 Å². The molecule has 6 nitrogen and oxygen atoms in total. The summed E-state index contributed by atoms with van der Waals surface area (Å²) in [4.78, 5) is 12.5. The van der Waals surface area contributed by atoms with E-state index in [9.17, 15) is 4.79 Å². The molecule has 0 aliphatic rings. The molecule has 1 N–H and O–H groups in total. The highest BCUT2D eigenvalue weighted by Crippen LogP contribution is 2.24. The Morgan fingerprint density at radius 1 is 1.04 bits per heavy atom. The summed E-state index contributed by atoms with van der Waals surface area (Å²) in [5.74, 6) is 0.117. The minimum absolute atomic E-state index is 0.101. The van der Waals surface area contributed by atoms with E-state index in [1.165, 1.54) is 11.8 Å². The van der Waals surface area contributed by atoms with Crippen LogP contribution >= 0.6 is 11.8 Å². The number of aryl methyl sites for hydroxylation is 1. The lowest BCUT2D eigenvalue weighted by molar-refractivity contribution is -0.113. The second-order valence-corrected chi connectivity index (χ2v) is 6.97. The van der Waals surface area contributed by atoms with Crippen molar-refractivity contribution in [1.82, 2.24) is 20.2 Å². The molecule has 1 aromatic heterocycles. The molecule has 0 unspecified atom stereocenters. The molecule has 1 heterocycles. The van der Waals surface area contributed by atoms with E-state index in [2.05, 4.69) is 20.8 Å². The zero-order valence-electron chi connectivity index (χ0n) is 14.7. The Hall–Kier alpha value is -3.19. The lowest BCUT2D eigenvalue weighted by Gasteiger charge is -2.09. The molecule has 0 saturated heterocycles. The summed E-state index contributed by atoms with van der Waals surface area (Å²) < 4.78 is 1.66. The Morgan fingerprint density at radius 3 is 2.70 bits per heavy atom. The number of anilines is 1. The Kier molecular flexibility index (Phi) is 4.84. The first-order valence-corrected chi connectivity index (χ1v) is 9.46. The molecular formula is C20H17N5OS. The van der Waals surface area contributed by atoms with Crippen molar-refractivity contribution in [2.45, 2.75) is 12.1 Å². The Bertz CT molecular complexity index is 1100. The van der Waals surface area contributed by atoms with E-state index in [1.54, 1.807) is 4.68 Å². The molecule has 0 radical (unpaired) electrons. The van der Waals surface area contributed by atoms with E-state index in [1.807, 2.05) is 73.7 Å². The average molecular weight is 375 g/mol. The molecule has 0 spiro atoms. The minimum atomic E-state index is -0.101. The molecule has 0 bridgehead atoms. The van der Waals surface area contributed by atoms with Crippen molar-refractivity contribution in [1.29, 1.82) is 0 Å². The van der Waals surface area contributed by atoms with Gasteiger partial charge in [-0.2, -0.15) is 4.68 Å². The maximum atomic E-state index is 12.5. The van der Waals surface area contributed by atoms with E-state index < -0.39 is 0 Å². The van der Waals surface area contributed by atoms with Crippen LogP contribution in [0.1, 0.15) is 5.56 Å². The number of benzene rings is 3. The van der Waals surface area contributed by atoms with Gasteiger partial charge in [0, 0.05) is 11.1 Å². The molecule has 4 aromatic rings. The molecule has 0 aliphatic heterocycles. The second kappa shape index (κ2) is 7.59. The average Bonchev–Trinajstić information content (AvgIpc) is 3.15. The summed E-state index contributed by atoms with van der Waals surface area (Å²) in [7, 11) is 0. The van der Waals surface area contributed by atoms with E-state index >= 15 is 0 Å².